The fraction of sp³-hybridized carbons (Fsp3) is 0.391. The summed E-state index contributed by atoms with van der Waals surface area (Å²) in [6, 6.07) is 15.2. The van der Waals surface area contributed by atoms with Gasteiger partial charge in [-0.3, -0.25) is 14.5 Å². The van der Waals surface area contributed by atoms with Gasteiger partial charge in [0.1, 0.15) is 0 Å². The predicted molar refractivity (Wildman–Crippen MR) is 124 cm³/mol. The second-order valence-corrected chi connectivity index (χ2v) is 9.67. The summed E-state index contributed by atoms with van der Waals surface area (Å²) < 4.78 is 27.8. The number of sulfonamides is 1. The van der Waals surface area contributed by atoms with Crippen LogP contribution in [0.5, 0.6) is 0 Å². The number of rotatable bonds is 8. The summed E-state index contributed by atoms with van der Waals surface area (Å²) in [5.74, 6) is -0.468. The molecule has 0 radical (unpaired) electrons. The van der Waals surface area contributed by atoms with Crippen LogP contribution in [0.3, 0.4) is 0 Å². The molecule has 1 saturated heterocycles. The van der Waals surface area contributed by atoms with Gasteiger partial charge in [-0.05, 0) is 43.2 Å². The maximum absolute atomic E-state index is 12.8. The van der Waals surface area contributed by atoms with E-state index in [2.05, 4.69) is 27.1 Å². The van der Waals surface area contributed by atoms with Crippen molar-refractivity contribution >= 4 is 27.5 Å². The van der Waals surface area contributed by atoms with Crippen LogP contribution in [0, 0.1) is 0 Å². The Morgan fingerprint density at radius 3 is 2.19 bits per heavy atom. The standard InChI is InChI=1S/C23H30N4O4S/c1-18(25-32(30,31)22-10-8-21(9-11-22)24-19(2)28)23(29)27-16-14-26(15-17-27)13-12-20-6-4-3-5-7-20/h3-11,18,25H,12-17H2,1-2H3,(H,24,28)/t18-/m0/s1. The first-order chi connectivity index (χ1) is 15.2. The third-order valence-electron chi connectivity index (χ3n) is 5.43. The number of hydrogen-bond donors (Lipinski definition) is 2. The van der Waals surface area contributed by atoms with E-state index in [1.165, 1.54) is 36.8 Å². The summed E-state index contributed by atoms with van der Waals surface area (Å²) in [5.41, 5.74) is 1.80. The van der Waals surface area contributed by atoms with Gasteiger partial charge in [0.2, 0.25) is 21.8 Å². The molecule has 8 nitrogen and oxygen atoms in total. The molecule has 2 N–H and O–H groups in total. The molecule has 9 heteroatoms. The van der Waals surface area contributed by atoms with E-state index in [0.29, 0.717) is 18.8 Å². The van der Waals surface area contributed by atoms with Crippen LogP contribution in [-0.4, -0.2) is 68.8 Å². The molecule has 32 heavy (non-hydrogen) atoms. The zero-order valence-corrected chi connectivity index (χ0v) is 19.3. The summed E-state index contributed by atoms with van der Waals surface area (Å²) in [7, 11) is -3.86. The normalized spacial score (nSPS) is 15.9. The lowest BCUT2D eigenvalue weighted by Crippen LogP contribution is -2.54. The van der Waals surface area contributed by atoms with Crippen LogP contribution in [0.25, 0.3) is 0 Å². The summed E-state index contributed by atoms with van der Waals surface area (Å²) in [6.45, 7) is 6.56. The van der Waals surface area contributed by atoms with Crippen LogP contribution in [0.4, 0.5) is 5.69 Å². The van der Waals surface area contributed by atoms with E-state index in [9.17, 15) is 18.0 Å². The predicted octanol–water partition coefficient (Wildman–Crippen LogP) is 1.70. The molecule has 0 spiro atoms. The molecule has 2 aromatic rings. The van der Waals surface area contributed by atoms with Gasteiger partial charge in [-0.25, -0.2) is 8.42 Å². The zero-order chi connectivity index (χ0) is 23.1. The van der Waals surface area contributed by atoms with Crippen LogP contribution < -0.4 is 10.0 Å². The molecule has 3 rings (SSSR count). The molecule has 1 atom stereocenters. The number of nitrogens with one attached hydrogen (secondary N) is 2. The molecular weight excluding hydrogens is 428 g/mol. The van der Waals surface area contributed by atoms with Gasteiger partial charge in [0.05, 0.1) is 10.9 Å². The molecule has 1 aliphatic heterocycles. The van der Waals surface area contributed by atoms with Gasteiger partial charge in [0, 0.05) is 45.3 Å². The van der Waals surface area contributed by atoms with Crippen molar-refractivity contribution in [1.29, 1.82) is 0 Å². The van der Waals surface area contributed by atoms with Gasteiger partial charge < -0.3 is 10.2 Å². The number of carbonyl (C=O) groups is 2. The van der Waals surface area contributed by atoms with E-state index >= 15 is 0 Å². The molecule has 1 aliphatic rings. The van der Waals surface area contributed by atoms with Crippen molar-refractivity contribution in [2.75, 3.05) is 38.0 Å². The van der Waals surface area contributed by atoms with E-state index in [1.54, 1.807) is 11.8 Å². The third-order valence-corrected chi connectivity index (χ3v) is 6.99. The third kappa shape index (κ3) is 6.62. The SMILES string of the molecule is CC(=O)Nc1ccc(S(=O)(=O)N[C@@H](C)C(=O)N2CCN(CCc3ccccc3)CC2)cc1. The van der Waals surface area contributed by atoms with Crippen LogP contribution in [0.1, 0.15) is 19.4 Å². The lowest BCUT2D eigenvalue weighted by Gasteiger charge is -2.36. The first kappa shape index (κ1) is 23.9. The number of hydrogen-bond acceptors (Lipinski definition) is 5. The summed E-state index contributed by atoms with van der Waals surface area (Å²) in [5, 5.41) is 2.59. The monoisotopic (exact) mass is 458 g/mol. The summed E-state index contributed by atoms with van der Waals surface area (Å²) >= 11 is 0. The Morgan fingerprint density at radius 2 is 1.59 bits per heavy atom. The molecule has 0 aromatic heterocycles. The van der Waals surface area contributed by atoms with Crippen LogP contribution in [-0.2, 0) is 26.0 Å². The van der Waals surface area contributed by atoms with Crippen molar-refractivity contribution in [2.24, 2.45) is 0 Å². The Bertz CT molecular complexity index is 1020. The molecule has 1 fully saturated rings. The number of anilines is 1. The fourth-order valence-electron chi connectivity index (χ4n) is 3.67. The molecule has 0 aliphatic carbocycles. The van der Waals surface area contributed by atoms with E-state index in [4.69, 9.17) is 0 Å². The van der Waals surface area contributed by atoms with E-state index in [-0.39, 0.29) is 16.7 Å². The Balaban J connectivity index is 1.49. The van der Waals surface area contributed by atoms with Crippen LogP contribution in [0.15, 0.2) is 59.5 Å². The molecule has 172 valence electrons. The minimum atomic E-state index is -3.86. The maximum Gasteiger partial charge on any atom is 0.241 e. The quantitative estimate of drug-likeness (QED) is 0.627. The zero-order valence-electron chi connectivity index (χ0n) is 18.5. The summed E-state index contributed by atoms with van der Waals surface area (Å²) in [6.07, 6.45) is 0.964. The molecule has 0 unspecified atom stereocenters. The van der Waals surface area contributed by atoms with Crippen LogP contribution in [0.2, 0.25) is 0 Å². The highest BCUT2D eigenvalue weighted by Crippen LogP contribution is 2.15. The smallest absolute Gasteiger partial charge is 0.241 e. The van der Waals surface area contributed by atoms with Gasteiger partial charge in [0.25, 0.3) is 0 Å². The Hall–Kier alpha value is -2.75. The van der Waals surface area contributed by atoms with Crippen molar-refractivity contribution in [3.63, 3.8) is 0 Å². The van der Waals surface area contributed by atoms with Crippen molar-refractivity contribution < 1.29 is 18.0 Å². The molecule has 2 amide bonds. The number of carbonyl (C=O) groups excluding carboxylic acids is 2. The molecule has 0 saturated carbocycles. The van der Waals surface area contributed by atoms with Crippen LogP contribution >= 0.6 is 0 Å². The lowest BCUT2D eigenvalue weighted by atomic mass is 10.1. The van der Waals surface area contributed by atoms with Crippen molar-refractivity contribution in [1.82, 2.24) is 14.5 Å². The fourth-order valence-corrected chi connectivity index (χ4v) is 4.87. The molecule has 2 aromatic carbocycles. The highest BCUT2D eigenvalue weighted by atomic mass is 32.2. The van der Waals surface area contributed by atoms with Gasteiger partial charge in [-0.2, -0.15) is 4.72 Å². The van der Waals surface area contributed by atoms with Gasteiger partial charge in [-0.1, -0.05) is 30.3 Å². The van der Waals surface area contributed by atoms with E-state index in [1.807, 2.05) is 18.2 Å². The average Bonchev–Trinajstić information content (AvgIpc) is 2.78. The Kier molecular flexibility index (Phi) is 8.00. The number of piperazine rings is 1. The molecule has 0 bridgehead atoms. The van der Waals surface area contributed by atoms with Gasteiger partial charge in [-0.15, -0.1) is 0 Å². The van der Waals surface area contributed by atoms with Crippen molar-refractivity contribution in [2.45, 2.75) is 31.2 Å². The number of benzene rings is 2. The largest absolute Gasteiger partial charge is 0.339 e. The van der Waals surface area contributed by atoms with Crippen molar-refractivity contribution in [3.8, 4) is 0 Å². The van der Waals surface area contributed by atoms with E-state index in [0.717, 1.165) is 26.1 Å². The Labute approximate surface area is 189 Å². The number of nitrogens with zero attached hydrogens (tertiary/aromatic N) is 2. The average molecular weight is 459 g/mol. The topological polar surface area (TPSA) is 98.8 Å². The molecular formula is C23H30N4O4S. The minimum Gasteiger partial charge on any atom is -0.339 e. The maximum atomic E-state index is 12.8. The Morgan fingerprint density at radius 1 is 0.969 bits per heavy atom. The summed E-state index contributed by atoms with van der Waals surface area (Å²) in [4.78, 5) is 28.0. The number of amides is 2. The molecule has 1 heterocycles. The second kappa shape index (κ2) is 10.7. The highest BCUT2D eigenvalue weighted by molar-refractivity contribution is 7.89. The van der Waals surface area contributed by atoms with Gasteiger partial charge in [0.15, 0.2) is 0 Å². The lowest BCUT2D eigenvalue weighted by molar-refractivity contribution is -0.134. The first-order valence-electron chi connectivity index (χ1n) is 10.7. The van der Waals surface area contributed by atoms with E-state index < -0.39 is 16.1 Å². The first-order valence-corrected chi connectivity index (χ1v) is 12.2. The second-order valence-electron chi connectivity index (χ2n) is 7.95. The van der Waals surface area contributed by atoms with Crippen molar-refractivity contribution in [3.05, 3.63) is 60.2 Å². The van der Waals surface area contributed by atoms with Gasteiger partial charge >= 0.3 is 0 Å². The minimum absolute atomic E-state index is 0.0389. The highest BCUT2D eigenvalue weighted by Gasteiger charge is 2.28.